The Morgan fingerprint density at radius 3 is 2.50 bits per heavy atom. The Hall–Kier alpha value is -1.86. The fourth-order valence-corrected chi connectivity index (χ4v) is 4.14. The standard InChI is InChI=1S/C21H26BrNO4S/c1-7-26-21(25)19-13(5)14(6)28-20(19)23-18(24)10-27-17-8-12(4)16(22)9-15(17)11(2)3/h8-9,11H,7,10H2,1-6H3,(H,23,24). The summed E-state index contributed by atoms with van der Waals surface area (Å²) in [6, 6.07) is 3.95. The SMILES string of the molecule is CCOC(=O)c1c(NC(=O)COc2cc(C)c(Br)cc2C(C)C)sc(C)c1C. The Kier molecular flexibility index (Phi) is 7.66. The first kappa shape index (κ1) is 22.4. The predicted octanol–water partition coefficient (Wildman–Crippen LogP) is 5.75. The van der Waals surface area contributed by atoms with Crippen molar-refractivity contribution in [2.75, 3.05) is 18.5 Å². The van der Waals surface area contributed by atoms with Gasteiger partial charge < -0.3 is 14.8 Å². The third-order valence-electron chi connectivity index (χ3n) is 4.39. The summed E-state index contributed by atoms with van der Waals surface area (Å²) in [6.45, 7) is 11.8. The van der Waals surface area contributed by atoms with Gasteiger partial charge in [0.2, 0.25) is 0 Å². The highest BCUT2D eigenvalue weighted by Crippen LogP contribution is 2.34. The van der Waals surface area contributed by atoms with E-state index in [0.717, 1.165) is 26.0 Å². The van der Waals surface area contributed by atoms with Crippen molar-refractivity contribution in [3.8, 4) is 5.75 Å². The van der Waals surface area contributed by atoms with Crippen molar-refractivity contribution in [3.63, 3.8) is 0 Å². The number of amides is 1. The van der Waals surface area contributed by atoms with Crippen LogP contribution >= 0.6 is 27.3 Å². The van der Waals surface area contributed by atoms with E-state index in [2.05, 4.69) is 35.1 Å². The van der Waals surface area contributed by atoms with Gasteiger partial charge in [-0.1, -0.05) is 29.8 Å². The largest absolute Gasteiger partial charge is 0.483 e. The summed E-state index contributed by atoms with van der Waals surface area (Å²) in [4.78, 5) is 25.7. The summed E-state index contributed by atoms with van der Waals surface area (Å²) in [5, 5.41) is 3.30. The number of carbonyl (C=O) groups excluding carboxylic acids is 2. The first-order valence-electron chi connectivity index (χ1n) is 9.15. The number of esters is 1. The maximum Gasteiger partial charge on any atom is 0.341 e. The molecule has 28 heavy (non-hydrogen) atoms. The number of ether oxygens (including phenoxy) is 2. The molecule has 1 aromatic heterocycles. The van der Waals surface area contributed by atoms with Gasteiger partial charge in [-0.3, -0.25) is 4.79 Å². The minimum atomic E-state index is -0.425. The summed E-state index contributed by atoms with van der Waals surface area (Å²) in [5.41, 5.74) is 3.31. The molecule has 7 heteroatoms. The van der Waals surface area contributed by atoms with E-state index in [1.807, 2.05) is 32.9 Å². The van der Waals surface area contributed by atoms with Gasteiger partial charge in [0.15, 0.2) is 6.61 Å². The quantitative estimate of drug-likeness (QED) is 0.526. The molecule has 0 unspecified atom stereocenters. The molecular formula is C21H26BrNO4S. The normalized spacial score (nSPS) is 10.9. The lowest BCUT2D eigenvalue weighted by molar-refractivity contribution is -0.118. The van der Waals surface area contributed by atoms with Gasteiger partial charge in [-0.15, -0.1) is 11.3 Å². The van der Waals surface area contributed by atoms with Crippen molar-refractivity contribution in [2.24, 2.45) is 0 Å². The van der Waals surface area contributed by atoms with Crippen molar-refractivity contribution in [1.29, 1.82) is 0 Å². The summed E-state index contributed by atoms with van der Waals surface area (Å²) >= 11 is 4.90. The van der Waals surface area contributed by atoms with Crippen molar-refractivity contribution in [3.05, 3.63) is 43.7 Å². The molecular weight excluding hydrogens is 442 g/mol. The van der Waals surface area contributed by atoms with Crippen molar-refractivity contribution >= 4 is 44.1 Å². The van der Waals surface area contributed by atoms with E-state index in [1.54, 1.807) is 6.92 Å². The Morgan fingerprint density at radius 2 is 1.89 bits per heavy atom. The second kappa shape index (κ2) is 9.56. The fourth-order valence-electron chi connectivity index (χ4n) is 2.72. The lowest BCUT2D eigenvalue weighted by atomic mass is 10.0. The van der Waals surface area contributed by atoms with Gasteiger partial charge in [-0.2, -0.15) is 0 Å². The van der Waals surface area contributed by atoms with Crippen molar-refractivity contribution in [1.82, 2.24) is 0 Å². The summed E-state index contributed by atoms with van der Waals surface area (Å²) in [6.07, 6.45) is 0. The molecule has 0 aliphatic rings. The molecule has 0 fully saturated rings. The molecule has 1 heterocycles. The number of carbonyl (C=O) groups is 2. The number of hydrogen-bond acceptors (Lipinski definition) is 5. The highest BCUT2D eigenvalue weighted by molar-refractivity contribution is 9.10. The predicted molar refractivity (Wildman–Crippen MR) is 117 cm³/mol. The number of nitrogens with one attached hydrogen (secondary N) is 1. The van der Waals surface area contributed by atoms with Gasteiger partial charge in [0.1, 0.15) is 10.8 Å². The maximum absolute atomic E-state index is 12.5. The third kappa shape index (κ3) is 5.14. The van der Waals surface area contributed by atoms with Crippen molar-refractivity contribution < 1.29 is 19.1 Å². The van der Waals surface area contributed by atoms with Gasteiger partial charge >= 0.3 is 5.97 Å². The van der Waals surface area contributed by atoms with Crippen LogP contribution in [0, 0.1) is 20.8 Å². The number of benzene rings is 1. The van der Waals surface area contributed by atoms with Gasteiger partial charge in [-0.25, -0.2) is 4.79 Å². The zero-order valence-electron chi connectivity index (χ0n) is 17.1. The van der Waals surface area contributed by atoms with Gasteiger partial charge in [0.25, 0.3) is 5.91 Å². The average molecular weight is 468 g/mol. The molecule has 1 amide bonds. The molecule has 0 saturated heterocycles. The first-order valence-corrected chi connectivity index (χ1v) is 10.8. The molecule has 0 atom stereocenters. The zero-order chi connectivity index (χ0) is 21.0. The van der Waals surface area contributed by atoms with E-state index in [0.29, 0.717) is 16.3 Å². The second-order valence-corrected chi connectivity index (χ2v) is 8.92. The van der Waals surface area contributed by atoms with Crippen LogP contribution in [0.5, 0.6) is 5.75 Å². The summed E-state index contributed by atoms with van der Waals surface area (Å²) in [7, 11) is 0. The lowest BCUT2D eigenvalue weighted by Gasteiger charge is -2.16. The van der Waals surface area contributed by atoms with Gasteiger partial charge in [0.05, 0.1) is 12.2 Å². The van der Waals surface area contributed by atoms with Crippen LogP contribution in [0.4, 0.5) is 5.00 Å². The summed E-state index contributed by atoms with van der Waals surface area (Å²) in [5.74, 6) is 0.205. The van der Waals surface area contributed by atoms with Crippen molar-refractivity contribution in [2.45, 2.75) is 47.5 Å². The van der Waals surface area contributed by atoms with Crippen LogP contribution < -0.4 is 10.1 Å². The molecule has 0 spiro atoms. The number of anilines is 1. The molecule has 152 valence electrons. The minimum absolute atomic E-state index is 0.140. The van der Waals surface area contributed by atoms with E-state index >= 15 is 0 Å². The van der Waals surface area contributed by atoms with E-state index in [-0.39, 0.29) is 25.0 Å². The second-order valence-electron chi connectivity index (χ2n) is 6.84. The van der Waals surface area contributed by atoms with Crippen LogP contribution in [0.3, 0.4) is 0 Å². The molecule has 0 bridgehead atoms. The molecule has 0 aliphatic heterocycles. The Balaban J connectivity index is 2.15. The molecule has 0 saturated carbocycles. The van der Waals surface area contributed by atoms with E-state index < -0.39 is 5.97 Å². The highest BCUT2D eigenvalue weighted by atomic mass is 79.9. The molecule has 1 aromatic carbocycles. The van der Waals surface area contributed by atoms with Crippen LogP contribution in [-0.2, 0) is 9.53 Å². The molecule has 0 aliphatic carbocycles. The van der Waals surface area contributed by atoms with Crippen LogP contribution in [0.15, 0.2) is 16.6 Å². The van der Waals surface area contributed by atoms with Crippen LogP contribution in [-0.4, -0.2) is 25.1 Å². The summed E-state index contributed by atoms with van der Waals surface area (Å²) < 4.78 is 11.9. The number of halogens is 1. The maximum atomic E-state index is 12.5. The molecule has 5 nitrogen and oxygen atoms in total. The molecule has 0 radical (unpaired) electrons. The van der Waals surface area contributed by atoms with E-state index in [9.17, 15) is 9.59 Å². The minimum Gasteiger partial charge on any atom is -0.483 e. The van der Waals surface area contributed by atoms with Gasteiger partial charge in [0, 0.05) is 9.35 Å². The van der Waals surface area contributed by atoms with Crippen LogP contribution in [0.25, 0.3) is 0 Å². The van der Waals surface area contributed by atoms with Gasteiger partial charge in [-0.05, 0) is 62.4 Å². The van der Waals surface area contributed by atoms with E-state index in [4.69, 9.17) is 9.47 Å². The molecule has 1 N–H and O–H groups in total. The smallest absolute Gasteiger partial charge is 0.341 e. The highest BCUT2D eigenvalue weighted by Gasteiger charge is 2.22. The number of rotatable bonds is 7. The number of thiophene rings is 1. The Morgan fingerprint density at radius 1 is 1.21 bits per heavy atom. The van der Waals surface area contributed by atoms with Crippen LogP contribution in [0.2, 0.25) is 0 Å². The Bertz CT molecular complexity index is 889. The third-order valence-corrected chi connectivity index (χ3v) is 6.37. The molecule has 2 rings (SSSR count). The number of hydrogen-bond donors (Lipinski definition) is 1. The Labute approximate surface area is 178 Å². The lowest BCUT2D eigenvalue weighted by Crippen LogP contribution is -2.21. The topological polar surface area (TPSA) is 64.6 Å². The van der Waals surface area contributed by atoms with Crippen LogP contribution in [0.1, 0.15) is 58.6 Å². The first-order chi connectivity index (χ1) is 13.1. The average Bonchev–Trinajstić information content (AvgIpc) is 2.89. The monoisotopic (exact) mass is 467 g/mol. The fraction of sp³-hybridized carbons (Fsp3) is 0.429. The zero-order valence-corrected chi connectivity index (χ0v) is 19.5. The van der Waals surface area contributed by atoms with E-state index in [1.165, 1.54) is 11.3 Å². The molecule has 2 aromatic rings. The number of aryl methyl sites for hydroxylation is 2.